The van der Waals surface area contributed by atoms with E-state index in [4.69, 9.17) is 9.84 Å². The summed E-state index contributed by atoms with van der Waals surface area (Å²) in [5.41, 5.74) is 0.119. The predicted molar refractivity (Wildman–Crippen MR) is 51.5 cm³/mol. The minimum Gasteiger partial charge on any atom is -0.477 e. The lowest BCUT2D eigenvalue weighted by Crippen LogP contribution is -2.12. The van der Waals surface area contributed by atoms with Gasteiger partial charge in [0, 0.05) is 0 Å². The van der Waals surface area contributed by atoms with Gasteiger partial charge in [-0.1, -0.05) is 6.07 Å². The lowest BCUT2D eigenvalue weighted by molar-refractivity contribution is -0.146. The highest BCUT2D eigenvalue weighted by atomic mass is 19.4. The van der Waals surface area contributed by atoms with Gasteiger partial charge in [-0.05, 0) is 12.1 Å². The number of rotatable bonds is 5. The van der Waals surface area contributed by atoms with Crippen molar-refractivity contribution in [1.82, 2.24) is 4.98 Å². The number of alkyl halides is 3. The maximum Gasteiger partial charge on any atom is 0.391 e. The van der Waals surface area contributed by atoms with Crippen molar-refractivity contribution in [1.29, 1.82) is 0 Å². The number of pyridine rings is 1. The zero-order chi connectivity index (χ0) is 12.9. The van der Waals surface area contributed by atoms with Crippen LogP contribution in [-0.2, 0) is 11.3 Å². The fourth-order valence-corrected chi connectivity index (χ4v) is 1.04. The number of carboxylic acids is 1. The van der Waals surface area contributed by atoms with Crippen molar-refractivity contribution in [3.63, 3.8) is 0 Å². The average molecular weight is 249 g/mol. The lowest BCUT2D eigenvalue weighted by Gasteiger charge is -2.07. The fraction of sp³-hybridized carbons (Fsp3) is 0.400. The van der Waals surface area contributed by atoms with Gasteiger partial charge in [0.05, 0.1) is 25.3 Å². The summed E-state index contributed by atoms with van der Waals surface area (Å²) in [5, 5.41) is 8.64. The van der Waals surface area contributed by atoms with Crippen molar-refractivity contribution in [2.24, 2.45) is 0 Å². The molecule has 0 amide bonds. The highest BCUT2D eigenvalue weighted by Crippen LogP contribution is 2.19. The van der Waals surface area contributed by atoms with Crippen LogP contribution in [0.15, 0.2) is 18.2 Å². The van der Waals surface area contributed by atoms with Crippen LogP contribution in [0.4, 0.5) is 13.2 Å². The van der Waals surface area contributed by atoms with Gasteiger partial charge in [-0.25, -0.2) is 9.78 Å². The quantitative estimate of drug-likeness (QED) is 0.813. The molecule has 1 aromatic rings. The Kier molecular flexibility index (Phi) is 4.45. The highest BCUT2D eigenvalue weighted by molar-refractivity contribution is 5.85. The minimum atomic E-state index is -4.25. The molecule has 7 heteroatoms. The second-order valence-electron chi connectivity index (χ2n) is 3.24. The van der Waals surface area contributed by atoms with E-state index >= 15 is 0 Å². The Balaban J connectivity index is 2.42. The summed E-state index contributed by atoms with van der Waals surface area (Å²) in [6.45, 7) is -0.611. The van der Waals surface area contributed by atoms with Crippen LogP contribution in [0.3, 0.4) is 0 Å². The first-order valence-corrected chi connectivity index (χ1v) is 4.72. The first-order valence-electron chi connectivity index (χ1n) is 4.72. The number of carbonyl (C=O) groups is 1. The van der Waals surface area contributed by atoms with E-state index in [0.29, 0.717) is 0 Å². The molecule has 0 spiro atoms. The Hall–Kier alpha value is -1.63. The van der Waals surface area contributed by atoms with Crippen molar-refractivity contribution in [3.8, 4) is 0 Å². The van der Waals surface area contributed by atoms with Gasteiger partial charge < -0.3 is 9.84 Å². The van der Waals surface area contributed by atoms with E-state index in [-0.39, 0.29) is 18.0 Å². The van der Waals surface area contributed by atoms with Crippen LogP contribution in [0.5, 0.6) is 0 Å². The molecule has 0 saturated heterocycles. The third-order valence-electron chi connectivity index (χ3n) is 1.81. The smallest absolute Gasteiger partial charge is 0.391 e. The molecule has 1 heterocycles. The Morgan fingerprint density at radius 2 is 2.12 bits per heavy atom. The Morgan fingerprint density at radius 3 is 2.71 bits per heavy atom. The SMILES string of the molecule is O=C(O)c1cccc(COCCC(F)(F)F)n1. The number of ether oxygens (including phenoxy) is 1. The predicted octanol–water partition coefficient (Wildman–Crippen LogP) is 2.25. The van der Waals surface area contributed by atoms with Crippen LogP contribution in [-0.4, -0.2) is 28.8 Å². The van der Waals surface area contributed by atoms with Crippen LogP contribution < -0.4 is 0 Å². The van der Waals surface area contributed by atoms with Crippen molar-refractivity contribution >= 4 is 5.97 Å². The highest BCUT2D eigenvalue weighted by Gasteiger charge is 2.26. The van der Waals surface area contributed by atoms with E-state index in [2.05, 4.69) is 4.98 Å². The van der Waals surface area contributed by atoms with Gasteiger partial charge in [-0.15, -0.1) is 0 Å². The second-order valence-corrected chi connectivity index (χ2v) is 3.24. The number of nitrogens with zero attached hydrogens (tertiary/aromatic N) is 1. The zero-order valence-electron chi connectivity index (χ0n) is 8.70. The van der Waals surface area contributed by atoms with Crippen molar-refractivity contribution < 1.29 is 27.8 Å². The molecular weight excluding hydrogens is 239 g/mol. The molecule has 0 aromatic carbocycles. The van der Waals surface area contributed by atoms with E-state index in [0.717, 1.165) is 0 Å². The van der Waals surface area contributed by atoms with E-state index < -0.39 is 25.2 Å². The van der Waals surface area contributed by atoms with Gasteiger partial charge in [0.15, 0.2) is 0 Å². The Morgan fingerprint density at radius 1 is 1.41 bits per heavy atom. The molecule has 1 N–H and O–H groups in total. The molecule has 0 atom stereocenters. The molecular formula is C10H10F3NO3. The third kappa shape index (κ3) is 5.30. The van der Waals surface area contributed by atoms with Gasteiger partial charge in [0.25, 0.3) is 0 Å². The van der Waals surface area contributed by atoms with Crippen LogP contribution in [0, 0.1) is 0 Å². The largest absolute Gasteiger partial charge is 0.477 e. The molecule has 4 nitrogen and oxygen atoms in total. The molecule has 0 saturated carbocycles. The summed E-state index contributed by atoms with van der Waals surface area (Å²) in [5.74, 6) is -1.19. The minimum absolute atomic E-state index is 0.142. The molecule has 94 valence electrons. The molecule has 0 aliphatic heterocycles. The van der Waals surface area contributed by atoms with E-state index in [9.17, 15) is 18.0 Å². The Bertz CT molecular complexity index is 393. The molecule has 0 unspecified atom stereocenters. The summed E-state index contributed by atoms with van der Waals surface area (Å²) in [7, 11) is 0. The molecule has 1 rings (SSSR count). The van der Waals surface area contributed by atoms with Crippen LogP contribution >= 0.6 is 0 Å². The third-order valence-corrected chi connectivity index (χ3v) is 1.81. The number of aromatic carboxylic acids is 1. The zero-order valence-corrected chi connectivity index (χ0v) is 8.70. The molecule has 1 aromatic heterocycles. The van der Waals surface area contributed by atoms with Crippen LogP contribution in [0.25, 0.3) is 0 Å². The fourth-order valence-electron chi connectivity index (χ4n) is 1.04. The van der Waals surface area contributed by atoms with Crippen molar-refractivity contribution in [2.45, 2.75) is 19.2 Å². The summed E-state index contributed by atoms with van der Waals surface area (Å²) in [6, 6.07) is 4.24. The number of hydrogen-bond donors (Lipinski definition) is 1. The van der Waals surface area contributed by atoms with E-state index in [1.165, 1.54) is 18.2 Å². The van der Waals surface area contributed by atoms with Gasteiger partial charge in [0.1, 0.15) is 5.69 Å². The lowest BCUT2D eigenvalue weighted by atomic mass is 10.3. The Labute approximate surface area is 95.0 Å². The first kappa shape index (κ1) is 13.4. The summed E-state index contributed by atoms with van der Waals surface area (Å²) in [6.07, 6.45) is -5.29. The second kappa shape index (κ2) is 5.62. The van der Waals surface area contributed by atoms with Crippen LogP contribution in [0.2, 0.25) is 0 Å². The summed E-state index contributed by atoms with van der Waals surface area (Å²) < 4.78 is 40.1. The summed E-state index contributed by atoms with van der Waals surface area (Å²) in [4.78, 5) is 14.3. The van der Waals surface area contributed by atoms with E-state index in [1.54, 1.807) is 0 Å². The van der Waals surface area contributed by atoms with Crippen molar-refractivity contribution in [3.05, 3.63) is 29.6 Å². The molecule has 0 bridgehead atoms. The van der Waals surface area contributed by atoms with Crippen molar-refractivity contribution in [2.75, 3.05) is 6.61 Å². The monoisotopic (exact) mass is 249 g/mol. The number of halogens is 3. The van der Waals surface area contributed by atoms with Gasteiger partial charge in [-0.3, -0.25) is 0 Å². The maximum absolute atomic E-state index is 11.8. The number of hydrogen-bond acceptors (Lipinski definition) is 3. The standard InChI is InChI=1S/C10H10F3NO3/c11-10(12,13)4-5-17-6-7-2-1-3-8(14-7)9(15)16/h1-3H,4-6H2,(H,15,16). The van der Waals surface area contributed by atoms with E-state index in [1.807, 2.05) is 0 Å². The first-order chi connectivity index (χ1) is 7.88. The average Bonchev–Trinajstić information content (AvgIpc) is 2.23. The summed E-state index contributed by atoms with van der Waals surface area (Å²) >= 11 is 0. The topological polar surface area (TPSA) is 59.4 Å². The molecule has 0 aliphatic carbocycles. The number of aromatic nitrogens is 1. The number of carboxylic acid groups (broad SMARTS) is 1. The molecule has 0 fully saturated rings. The van der Waals surface area contributed by atoms with Crippen LogP contribution in [0.1, 0.15) is 22.6 Å². The van der Waals surface area contributed by atoms with Gasteiger partial charge >= 0.3 is 12.1 Å². The van der Waals surface area contributed by atoms with Gasteiger partial charge in [-0.2, -0.15) is 13.2 Å². The maximum atomic E-state index is 11.8. The molecule has 0 radical (unpaired) electrons. The molecule has 0 aliphatic rings. The van der Waals surface area contributed by atoms with Gasteiger partial charge in [0.2, 0.25) is 0 Å². The normalized spacial score (nSPS) is 11.5. The molecule has 17 heavy (non-hydrogen) atoms.